The summed E-state index contributed by atoms with van der Waals surface area (Å²) in [6.07, 6.45) is 0. The fraction of sp³-hybridized carbons (Fsp3) is 0.214. The molecule has 0 atom stereocenters. The smallest absolute Gasteiger partial charge is 0.332 e. The summed E-state index contributed by atoms with van der Waals surface area (Å²) < 4.78 is 9.43. The van der Waals surface area contributed by atoms with E-state index in [1.807, 2.05) is 0 Å². The lowest BCUT2D eigenvalue weighted by Crippen LogP contribution is -2.37. The lowest BCUT2D eigenvalue weighted by molar-refractivity contribution is 0.427. The predicted octanol–water partition coefficient (Wildman–Crippen LogP) is 2.07. The molecule has 2 aromatic heterocycles. The maximum atomic E-state index is 12.3. The average molecular weight is 355 g/mol. The van der Waals surface area contributed by atoms with Crippen LogP contribution in [0.5, 0.6) is 11.8 Å². The Balaban J connectivity index is 2.25. The molecule has 0 radical (unpaired) electrons. The van der Waals surface area contributed by atoms with E-state index in [-0.39, 0.29) is 22.2 Å². The van der Waals surface area contributed by atoms with Crippen molar-refractivity contribution >= 4 is 34.4 Å². The fourth-order valence-electron chi connectivity index (χ4n) is 2.25. The summed E-state index contributed by atoms with van der Waals surface area (Å²) in [5, 5.41) is 0.578. The zero-order valence-corrected chi connectivity index (χ0v) is 14.0. The Morgan fingerprint density at radius 2 is 1.74 bits per heavy atom. The molecule has 23 heavy (non-hydrogen) atoms. The van der Waals surface area contributed by atoms with Gasteiger partial charge in [0, 0.05) is 21.1 Å². The quantitative estimate of drug-likeness (QED) is 0.706. The molecule has 3 aromatic rings. The maximum Gasteiger partial charge on any atom is 0.332 e. The van der Waals surface area contributed by atoms with E-state index in [4.69, 9.17) is 27.9 Å². The summed E-state index contributed by atoms with van der Waals surface area (Å²) in [5.41, 5.74) is -0.436. The van der Waals surface area contributed by atoms with Crippen molar-refractivity contribution in [2.75, 3.05) is 0 Å². The van der Waals surface area contributed by atoms with Gasteiger partial charge in [-0.3, -0.25) is 18.5 Å². The molecule has 0 spiro atoms. The van der Waals surface area contributed by atoms with Crippen molar-refractivity contribution in [3.05, 3.63) is 49.1 Å². The molecule has 0 unspecified atom stereocenters. The number of aryl methyl sites for hydroxylation is 2. The summed E-state index contributed by atoms with van der Waals surface area (Å²) in [7, 11) is 4.56. The number of nitrogens with zero attached hydrogens (tertiary/aromatic N) is 4. The summed E-state index contributed by atoms with van der Waals surface area (Å²) in [6.45, 7) is 0. The van der Waals surface area contributed by atoms with Crippen LogP contribution in [0.4, 0.5) is 0 Å². The van der Waals surface area contributed by atoms with Crippen LogP contribution in [0, 0.1) is 0 Å². The van der Waals surface area contributed by atoms with Gasteiger partial charge in [0.25, 0.3) is 5.56 Å². The Morgan fingerprint density at radius 3 is 2.43 bits per heavy atom. The minimum absolute atomic E-state index is 0.127. The lowest BCUT2D eigenvalue weighted by atomic mass is 10.3. The third-order valence-corrected chi connectivity index (χ3v) is 4.35. The van der Waals surface area contributed by atoms with Crippen LogP contribution >= 0.6 is 23.2 Å². The molecule has 0 aliphatic heterocycles. The van der Waals surface area contributed by atoms with Gasteiger partial charge in [-0.25, -0.2) is 4.79 Å². The first-order valence-electron chi connectivity index (χ1n) is 6.57. The Hall–Kier alpha value is -2.25. The number of rotatable bonds is 2. The molecule has 9 heteroatoms. The molecule has 0 saturated heterocycles. The van der Waals surface area contributed by atoms with Crippen molar-refractivity contribution in [2.24, 2.45) is 21.1 Å². The summed E-state index contributed by atoms with van der Waals surface area (Å²) in [6, 6.07) is 5.07. The predicted molar refractivity (Wildman–Crippen MR) is 87.7 cm³/mol. The lowest BCUT2D eigenvalue weighted by Gasteiger charge is -2.07. The first-order valence-corrected chi connectivity index (χ1v) is 7.32. The van der Waals surface area contributed by atoms with Gasteiger partial charge in [-0.05, 0) is 12.1 Å². The minimum Gasteiger partial charge on any atom is -0.424 e. The van der Waals surface area contributed by atoms with E-state index in [0.717, 1.165) is 4.57 Å². The molecule has 2 heterocycles. The summed E-state index contributed by atoms with van der Waals surface area (Å²) in [4.78, 5) is 28.5. The first-order chi connectivity index (χ1) is 10.8. The van der Waals surface area contributed by atoms with Gasteiger partial charge in [-0.2, -0.15) is 4.98 Å². The van der Waals surface area contributed by atoms with Crippen LogP contribution in [-0.2, 0) is 21.1 Å². The van der Waals surface area contributed by atoms with E-state index in [0.29, 0.717) is 10.8 Å². The number of imidazole rings is 1. The minimum atomic E-state index is -0.465. The van der Waals surface area contributed by atoms with Crippen LogP contribution in [-0.4, -0.2) is 18.7 Å². The first kappa shape index (κ1) is 15.6. The Bertz CT molecular complexity index is 1050. The second kappa shape index (κ2) is 5.43. The third-order valence-electron chi connectivity index (χ3n) is 3.55. The molecule has 120 valence electrons. The van der Waals surface area contributed by atoms with Crippen molar-refractivity contribution in [2.45, 2.75) is 0 Å². The van der Waals surface area contributed by atoms with Gasteiger partial charge >= 0.3 is 11.7 Å². The number of halogens is 2. The van der Waals surface area contributed by atoms with E-state index in [9.17, 15) is 9.59 Å². The number of aromatic nitrogens is 4. The largest absolute Gasteiger partial charge is 0.424 e. The molecular weight excluding hydrogens is 343 g/mol. The second-order valence-corrected chi connectivity index (χ2v) is 5.77. The van der Waals surface area contributed by atoms with E-state index >= 15 is 0 Å². The number of benzene rings is 1. The molecule has 0 N–H and O–H groups in total. The van der Waals surface area contributed by atoms with Crippen molar-refractivity contribution in [1.82, 2.24) is 18.7 Å². The zero-order chi connectivity index (χ0) is 16.9. The van der Waals surface area contributed by atoms with Gasteiger partial charge in [0.15, 0.2) is 16.9 Å². The number of hydrogen-bond acceptors (Lipinski definition) is 4. The van der Waals surface area contributed by atoms with Crippen molar-refractivity contribution < 1.29 is 4.74 Å². The maximum absolute atomic E-state index is 12.3. The Morgan fingerprint density at radius 1 is 1.04 bits per heavy atom. The van der Waals surface area contributed by atoms with E-state index in [1.165, 1.54) is 23.2 Å². The summed E-state index contributed by atoms with van der Waals surface area (Å²) in [5.74, 6) is 0.305. The van der Waals surface area contributed by atoms with E-state index < -0.39 is 11.2 Å². The van der Waals surface area contributed by atoms with Crippen LogP contribution in [0.2, 0.25) is 10.0 Å². The van der Waals surface area contributed by atoms with Gasteiger partial charge in [0.2, 0.25) is 0 Å². The standard InChI is InChI=1S/C14H12Cl2N4O3/c1-18-10-11(19(2)14(22)20(3)12(10)21)17-13(18)23-8-6-4-5-7(15)9(8)16/h4-6H,1-3H3. The van der Waals surface area contributed by atoms with Crippen LogP contribution in [0.25, 0.3) is 11.2 Å². The van der Waals surface area contributed by atoms with Crippen LogP contribution < -0.4 is 16.0 Å². The molecular formula is C14H12Cl2N4O3. The molecule has 7 nitrogen and oxygen atoms in total. The number of ether oxygens (including phenoxy) is 1. The SMILES string of the molecule is Cn1c(=O)c2c(nc(Oc3cccc(Cl)c3Cl)n2C)n(C)c1=O. The molecule has 0 bridgehead atoms. The normalized spacial score (nSPS) is 11.2. The topological polar surface area (TPSA) is 71.1 Å². The summed E-state index contributed by atoms with van der Waals surface area (Å²) >= 11 is 12.0. The third kappa shape index (κ3) is 2.32. The van der Waals surface area contributed by atoms with Crippen LogP contribution in [0.1, 0.15) is 0 Å². The van der Waals surface area contributed by atoms with Crippen LogP contribution in [0.15, 0.2) is 27.8 Å². The van der Waals surface area contributed by atoms with Gasteiger partial charge in [0.05, 0.1) is 5.02 Å². The molecule has 0 saturated carbocycles. The zero-order valence-electron chi connectivity index (χ0n) is 12.5. The fourth-order valence-corrected chi connectivity index (χ4v) is 2.58. The highest BCUT2D eigenvalue weighted by Gasteiger charge is 2.19. The van der Waals surface area contributed by atoms with Gasteiger partial charge in [-0.15, -0.1) is 0 Å². The molecule has 0 amide bonds. The van der Waals surface area contributed by atoms with Gasteiger partial charge < -0.3 is 4.74 Å². The van der Waals surface area contributed by atoms with Crippen LogP contribution in [0.3, 0.4) is 0 Å². The van der Waals surface area contributed by atoms with E-state index in [2.05, 4.69) is 4.98 Å². The van der Waals surface area contributed by atoms with Gasteiger partial charge in [-0.1, -0.05) is 29.3 Å². The number of fused-ring (bicyclic) bond motifs is 1. The van der Waals surface area contributed by atoms with Crippen molar-refractivity contribution in [3.8, 4) is 11.8 Å². The van der Waals surface area contributed by atoms with Crippen molar-refractivity contribution in [1.29, 1.82) is 0 Å². The highest BCUT2D eigenvalue weighted by molar-refractivity contribution is 6.42. The molecule has 0 aliphatic carbocycles. The Labute approximate surface area is 140 Å². The highest BCUT2D eigenvalue weighted by Crippen LogP contribution is 2.34. The Kier molecular flexibility index (Phi) is 3.69. The molecule has 3 rings (SSSR count). The van der Waals surface area contributed by atoms with Gasteiger partial charge in [0.1, 0.15) is 5.02 Å². The number of hydrogen-bond donors (Lipinski definition) is 0. The molecule has 0 aliphatic rings. The molecule has 1 aromatic carbocycles. The second-order valence-electron chi connectivity index (χ2n) is 4.99. The average Bonchev–Trinajstić information content (AvgIpc) is 2.85. The molecule has 0 fully saturated rings. The van der Waals surface area contributed by atoms with Crippen molar-refractivity contribution in [3.63, 3.8) is 0 Å². The van der Waals surface area contributed by atoms with E-state index in [1.54, 1.807) is 25.2 Å². The monoisotopic (exact) mass is 354 g/mol. The highest BCUT2D eigenvalue weighted by atomic mass is 35.5.